The number of rotatable bonds is 10. The largest absolute Gasteiger partial charge is 0.464 e. The number of hydrogen-bond donors (Lipinski definition) is 0. The molecule has 0 atom stereocenters. The number of benzene rings is 2. The quantitative estimate of drug-likeness (QED) is 0.405. The van der Waals surface area contributed by atoms with Gasteiger partial charge in [-0.25, -0.2) is 0 Å². The number of halogens is 1. The first-order valence-corrected chi connectivity index (χ1v) is 11.8. The summed E-state index contributed by atoms with van der Waals surface area (Å²) in [4.78, 5) is 30.1. The molecule has 5 nitrogen and oxygen atoms in total. The molecule has 0 N–H and O–H groups in total. The van der Waals surface area contributed by atoms with Crippen LogP contribution in [0.5, 0.6) is 0 Å². The highest BCUT2D eigenvalue weighted by Gasteiger charge is 2.30. The van der Waals surface area contributed by atoms with Gasteiger partial charge in [-0.1, -0.05) is 41.9 Å². The molecule has 6 heteroatoms. The molecule has 1 aromatic heterocycles. The van der Waals surface area contributed by atoms with Gasteiger partial charge in [-0.3, -0.25) is 9.59 Å². The molecule has 0 spiro atoms. The number of hydrogen-bond acceptors (Lipinski definition) is 3. The number of amides is 2. The fourth-order valence-corrected chi connectivity index (χ4v) is 3.95. The minimum atomic E-state index is -0.135. The average Bonchev–Trinajstić information content (AvgIpc) is 3.55. The van der Waals surface area contributed by atoms with E-state index in [1.807, 2.05) is 37.3 Å². The Labute approximate surface area is 199 Å². The SMILES string of the molecule is Cc1ccc(CN(CCc2ccccc2)C(=O)CN(CC2CC2)C(=O)c2ccc(Cl)cc2)o1. The number of carbonyl (C=O) groups is 2. The van der Waals surface area contributed by atoms with E-state index >= 15 is 0 Å². The Morgan fingerprint density at radius 2 is 1.70 bits per heavy atom. The van der Waals surface area contributed by atoms with Gasteiger partial charge in [0.25, 0.3) is 5.91 Å². The molecule has 1 aliphatic rings. The average molecular weight is 465 g/mol. The summed E-state index contributed by atoms with van der Waals surface area (Å²) in [6.07, 6.45) is 2.93. The molecule has 2 amide bonds. The maximum atomic E-state index is 13.4. The van der Waals surface area contributed by atoms with Crippen LogP contribution in [0.2, 0.25) is 5.02 Å². The van der Waals surface area contributed by atoms with Crippen LogP contribution in [0.15, 0.2) is 71.1 Å². The van der Waals surface area contributed by atoms with Crippen molar-refractivity contribution in [3.63, 3.8) is 0 Å². The van der Waals surface area contributed by atoms with E-state index in [1.165, 1.54) is 0 Å². The van der Waals surface area contributed by atoms with Crippen molar-refractivity contribution >= 4 is 23.4 Å². The van der Waals surface area contributed by atoms with Crippen LogP contribution in [0, 0.1) is 12.8 Å². The smallest absolute Gasteiger partial charge is 0.254 e. The summed E-state index contributed by atoms with van der Waals surface area (Å²) < 4.78 is 5.74. The van der Waals surface area contributed by atoms with E-state index in [9.17, 15) is 9.59 Å². The highest BCUT2D eigenvalue weighted by molar-refractivity contribution is 6.30. The van der Waals surface area contributed by atoms with Gasteiger partial charge in [-0.05, 0) is 74.1 Å². The summed E-state index contributed by atoms with van der Waals surface area (Å²) in [5.74, 6) is 1.81. The van der Waals surface area contributed by atoms with Crippen molar-refractivity contribution in [2.75, 3.05) is 19.6 Å². The van der Waals surface area contributed by atoms with E-state index in [0.717, 1.165) is 36.3 Å². The van der Waals surface area contributed by atoms with Gasteiger partial charge in [0.05, 0.1) is 6.54 Å². The monoisotopic (exact) mass is 464 g/mol. The van der Waals surface area contributed by atoms with Gasteiger partial charge >= 0.3 is 0 Å². The maximum Gasteiger partial charge on any atom is 0.254 e. The van der Waals surface area contributed by atoms with Crippen LogP contribution in [0.4, 0.5) is 0 Å². The zero-order chi connectivity index (χ0) is 23.2. The summed E-state index contributed by atoms with van der Waals surface area (Å²) in [6, 6.07) is 20.7. The molecule has 172 valence electrons. The van der Waals surface area contributed by atoms with Crippen molar-refractivity contribution in [3.05, 3.63) is 94.4 Å². The Morgan fingerprint density at radius 3 is 2.33 bits per heavy atom. The van der Waals surface area contributed by atoms with E-state index in [1.54, 1.807) is 34.1 Å². The molecular weight excluding hydrogens is 436 g/mol. The van der Waals surface area contributed by atoms with E-state index in [-0.39, 0.29) is 18.4 Å². The first-order chi connectivity index (χ1) is 16.0. The zero-order valence-electron chi connectivity index (χ0n) is 18.9. The molecule has 2 aromatic carbocycles. The second-order valence-electron chi connectivity index (χ2n) is 8.70. The minimum absolute atomic E-state index is 0.0481. The van der Waals surface area contributed by atoms with Gasteiger partial charge in [0.2, 0.25) is 5.91 Å². The van der Waals surface area contributed by atoms with Crippen molar-refractivity contribution in [3.8, 4) is 0 Å². The number of aryl methyl sites for hydroxylation is 1. The molecule has 0 bridgehead atoms. The van der Waals surface area contributed by atoms with E-state index < -0.39 is 0 Å². The number of carbonyl (C=O) groups excluding carboxylic acids is 2. The van der Waals surface area contributed by atoms with Crippen molar-refractivity contribution in [1.29, 1.82) is 0 Å². The summed E-state index contributed by atoms with van der Waals surface area (Å²) in [5.41, 5.74) is 1.71. The maximum absolute atomic E-state index is 13.4. The van der Waals surface area contributed by atoms with E-state index in [2.05, 4.69) is 12.1 Å². The lowest BCUT2D eigenvalue weighted by Gasteiger charge is -2.27. The Balaban J connectivity index is 1.49. The summed E-state index contributed by atoms with van der Waals surface area (Å²) in [5, 5.41) is 0.581. The Bertz CT molecular complexity index is 1070. The molecule has 33 heavy (non-hydrogen) atoms. The molecule has 0 unspecified atom stereocenters. The number of furan rings is 1. The molecule has 1 saturated carbocycles. The van der Waals surface area contributed by atoms with E-state index in [0.29, 0.717) is 36.1 Å². The van der Waals surface area contributed by atoms with Crippen molar-refractivity contribution in [2.45, 2.75) is 32.7 Å². The highest BCUT2D eigenvalue weighted by atomic mass is 35.5. The second-order valence-corrected chi connectivity index (χ2v) is 9.14. The van der Waals surface area contributed by atoms with Crippen LogP contribution in [0.3, 0.4) is 0 Å². The summed E-state index contributed by atoms with van der Waals surface area (Å²) in [6.45, 7) is 3.47. The minimum Gasteiger partial charge on any atom is -0.464 e. The molecule has 1 heterocycles. The highest BCUT2D eigenvalue weighted by Crippen LogP contribution is 2.30. The van der Waals surface area contributed by atoms with E-state index in [4.69, 9.17) is 16.0 Å². The predicted octanol–water partition coefficient (Wildman–Crippen LogP) is 5.37. The third-order valence-electron chi connectivity index (χ3n) is 5.89. The van der Waals surface area contributed by atoms with Gasteiger partial charge in [-0.2, -0.15) is 0 Å². The van der Waals surface area contributed by atoms with Crippen molar-refractivity contribution < 1.29 is 14.0 Å². The Kier molecular flexibility index (Phi) is 7.50. The standard InChI is InChI=1S/C27H29ClN2O3/c1-20-7-14-25(33-20)18-29(16-15-21-5-3-2-4-6-21)26(31)19-30(17-22-8-9-22)27(32)23-10-12-24(28)13-11-23/h2-7,10-14,22H,8-9,15-19H2,1H3. The van der Waals surface area contributed by atoms with Crippen molar-refractivity contribution in [1.82, 2.24) is 9.80 Å². The Hall–Kier alpha value is -3.05. The fraction of sp³-hybridized carbons (Fsp3) is 0.333. The molecule has 0 radical (unpaired) electrons. The van der Waals surface area contributed by atoms with Crippen LogP contribution in [-0.4, -0.2) is 41.2 Å². The van der Waals surface area contributed by atoms with Gasteiger partial charge in [-0.15, -0.1) is 0 Å². The van der Waals surface area contributed by atoms with Gasteiger partial charge in [0.15, 0.2) is 0 Å². The Morgan fingerprint density at radius 1 is 0.970 bits per heavy atom. The topological polar surface area (TPSA) is 53.8 Å². The van der Waals surface area contributed by atoms with Crippen LogP contribution in [0.25, 0.3) is 0 Å². The fourth-order valence-electron chi connectivity index (χ4n) is 3.83. The van der Waals surface area contributed by atoms with Crippen LogP contribution in [0.1, 0.15) is 40.3 Å². The zero-order valence-corrected chi connectivity index (χ0v) is 19.6. The van der Waals surface area contributed by atoms with Crippen molar-refractivity contribution in [2.24, 2.45) is 5.92 Å². The van der Waals surface area contributed by atoms with Gasteiger partial charge < -0.3 is 14.2 Å². The van der Waals surface area contributed by atoms with Crippen LogP contribution in [-0.2, 0) is 17.8 Å². The molecule has 1 aliphatic carbocycles. The normalized spacial score (nSPS) is 13.0. The first kappa shape index (κ1) is 23.1. The summed E-state index contributed by atoms with van der Waals surface area (Å²) >= 11 is 5.99. The molecule has 4 rings (SSSR count). The number of nitrogens with zero attached hydrogens (tertiary/aromatic N) is 2. The van der Waals surface area contributed by atoms with Gasteiger partial charge in [0, 0.05) is 23.7 Å². The van der Waals surface area contributed by atoms with Crippen LogP contribution < -0.4 is 0 Å². The third kappa shape index (κ3) is 6.72. The second kappa shape index (κ2) is 10.7. The third-order valence-corrected chi connectivity index (χ3v) is 6.14. The lowest BCUT2D eigenvalue weighted by molar-refractivity contribution is -0.132. The molecule has 0 saturated heterocycles. The first-order valence-electron chi connectivity index (χ1n) is 11.4. The summed E-state index contributed by atoms with van der Waals surface area (Å²) in [7, 11) is 0. The lowest BCUT2D eigenvalue weighted by Crippen LogP contribution is -2.44. The lowest BCUT2D eigenvalue weighted by atomic mass is 10.1. The molecule has 1 fully saturated rings. The van der Waals surface area contributed by atoms with Gasteiger partial charge in [0.1, 0.15) is 18.1 Å². The molecular formula is C27H29ClN2O3. The predicted molar refractivity (Wildman–Crippen MR) is 129 cm³/mol. The molecule has 3 aromatic rings. The van der Waals surface area contributed by atoms with Crippen LogP contribution >= 0.6 is 11.6 Å². The molecule has 0 aliphatic heterocycles.